The summed E-state index contributed by atoms with van der Waals surface area (Å²) in [6.07, 6.45) is 1.04. The van der Waals surface area contributed by atoms with E-state index in [9.17, 15) is 9.90 Å². The van der Waals surface area contributed by atoms with Crippen LogP contribution in [0, 0.1) is 5.92 Å². The number of benzene rings is 1. The van der Waals surface area contributed by atoms with Crippen LogP contribution in [-0.4, -0.2) is 34.9 Å². The molecule has 1 aromatic carbocycles. The van der Waals surface area contributed by atoms with E-state index in [0.717, 1.165) is 5.56 Å². The fraction of sp³-hybridized carbons (Fsp3) is 0.455. The number of amides is 1. The van der Waals surface area contributed by atoms with Gasteiger partial charge in [-0.15, -0.1) is 0 Å². The number of pyridine rings is 1. The van der Waals surface area contributed by atoms with E-state index >= 15 is 0 Å². The Balaban J connectivity index is 2.12. The molecule has 1 atom stereocenters. The highest BCUT2D eigenvalue weighted by molar-refractivity contribution is 6.04. The third-order valence-electron chi connectivity index (χ3n) is 3.77. The Labute approximate surface area is 172 Å². The van der Waals surface area contributed by atoms with Crippen LogP contribution >= 0.6 is 0 Å². The van der Waals surface area contributed by atoms with Crippen molar-refractivity contribution in [3.63, 3.8) is 0 Å². The molecule has 7 heteroatoms. The molecule has 7 nitrogen and oxygen atoms in total. The number of hydrogen-bond donors (Lipinski definition) is 3. The Bertz CT molecular complexity index is 789. The molecule has 0 aliphatic rings. The first kappa shape index (κ1) is 22.6. The molecule has 2 rings (SSSR count). The number of nitrogens with one attached hydrogen (secondary N) is 2. The van der Waals surface area contributed by atoms with E-state index in [4.69, 9.17) is 9.47 Å². The summed E-state index contributed by atoms with van der Waals surface area (Å²) in [5, 5.41) is 15.0. The highest BCUT2D eigenvalue weighted by atomic mass is 16.5. The molecule has 0 fully saturated rings. The second-order valence-electron chi connectivity index (χ2n) is 7.63. The molecule has 1 heterocycles. The van der Waals surface area contributed by atoms with Crippen molar-refractivity contribution in [3.8, 4) is 11.5 Å². The molecule has 0 aliphatic carbocycles. The van der Waals surface area contributed by atoms with Gasteiger partial charge in [0.1, 0.15) is 23.5 Å². The predicted molar refractivity (Wildman–Crippen MR) is 113 cm³/mol. The highest BCUT2D eigenvalue weighted by Crippen LogP contribution is 2.25. The minimum absolute atomic E-state index is 0.0179. The molecule has 158 valence electrons. The Hall–Kier alpha value is -2.64. The maximum absolute atomic E-state index is 12.7. The van der Waals surface area contributed by atoms with Crippen LogP contribution in [0.25, 0.3) is 0 Å². The molecule has 0 saturated carbocycles. The van der Waals surface area contributed by atoms with Crippen LogP contribution in [0.1, 0.15) is 50.5 Å². The number of hydrogen-bond acceptors (Lipinski definition) is 6. The topological polar surface area (TPSA) is 92.7 Å². The number of anilines is 1. The largest absolute Gasteiger partial charge is 0.493 e. The van der Waals surface area contributed by atoms with Gasteiger partial charge in [0.25, 0.3) is 5.91 Å². The van der Waals surface area contributed by atoms with Crippen molar-refractivity contribution >= 4 is 11.7 Å². The number of carbonyl (C=O) groups is 1. The van der Waals surface area contributed by atoms with Crippen molar-refractivity contribution in [1.29, 1.82) is 0 Å². The van der Waals surface area contributed by atoms with Crippen LogP contribution in [0.2, 0.25) is 0 Å². The number of carbonyl (C=O) groups excluding carboxylic acids is 1. The molecular formula is C22H31N3O4. The molecule has 0 bridgehead atoms. The van der Waals surface area contributed by atoms with Crippen LogP contribution in [0.15, 0.2) is 36.5 Å². The molecular weight excluding hydrogens is 370 g/mol. The molecule has 0 radical (unpaired) electrons. The highest BCUT2D eigenvalue weighted by Gasteiger charge is 2.13. The average Bonchev–Trinajstić information content (AvgIpc) is 2.65. The monoisotopic (exact) mass is 401 g/mol. The van der Waals surface area contributed by atoms with E-state index in [-0.39, 0.29) is 12.0 Å². The third-order valence-corrected chi connectivity index (χ3v) is 3.77. The van der Waals surface area contributed by atoms with E-state index in [1.54, 1.807) is 37.4 Å². The predicted octanol–water partition coefficient (Wildman–Crippen LogP) is 3.58. The SMILES string of the molecule is CC(C)COc1cc(OC(C)C)cc(C(=O)Nc2ccc(CNC(C)O)cn2)c1. The van der Waals surface area contributed by atoms with Crippen molar-refractivity contribution in [2.75, 3.05) is 11.9 Å². The molecule has 29 heavy (non-hydrogen) atoms. The Morgan fingerprint density at radius 1 is 1.10 bits per heavy atom. The van der Waals surface area contributed by atoms with Gasteiger partial charge in [-0.05, 0) is 50.5 Å². The first-order valence-electron chi connectivity index (χ1n) is 9.85. The van der Waals surface area contributed by atoms with Crippen molar-refractivity contribution in [3.05, 3.63) is 47.7 Å². The van der Waals surface area contributed by atoms with Crippen molar-refractivity contribution in [2.45, 2.75) is 53.5 Å². The Morgan fingerprint density at radius 3 is 2.41 bits per heavy atom. The van der Waals surface area contributed by atoms with Gasteiger partial charge in [-0.1, -0.05) is 19.9 Å². The lowest BCUT2D eigenvalue weighted by Gasteiger charge is -2.15. The molecule has 3 N–H and O–H groups in total. The van der Waals surface area contributed by atoms with E-state index in [0.29, 0.717) is 41.9 Å². The van der Waals surface area contributed by atoms with Gasteiger partial charge in [-0.2, -0.15) is 0 Å². The normalized spacial score (nSPS) is 12.1. The van der Waals surface area contributed by atoms with E-state index in [2.05, 4.69) is 29.5 Å². The smallest absolute Gasteiger partial charge is 0.257 e. The summed E-state index contributed by atoms with van der Waals surface area (Å²) in [6, 6.07) is 8.75. The summed E-state index contributed by atoms with van der Waals surface area (Å²) in [4.78, 5) is 17.0. The quantitative estimate of drug-likeness (QED) is 0.527. The third kappa shape index (κ3) is 8.09. The molecule has 2 aromatic rings. The second-order valence-corrected chi connectivity index (χ2v) is 7.63. The van der Waals surface area contributed by atoms with Gasteiger partial charge in [-0.3, -0.25) is 10.1 Å². The first-order valence-corrected chi connectivity index (χ1v) is 9.85. The summed E-state index contributed by atoms with van der Waals surface area (Å²) in [6.45, 7) is 10.7. The summed E-state index contributed by atoms with van der Waals surface area (Å²) < 4.78 is 11.6. The molecule has 1 aromatic heterocycles. The van der Waals surface area contributed by atoms with Crippen LogP contribution in [0.4, 0.5) is 5.82 Å². The van der Waals surface area contributed by atoms with Gasteiger partial charge in [0.15, 0.2) is 0 Å². The van der Waals surface area contributed by atoms with E-state index < -0.39 is 6.23 Å². The first-order chi connectivity index (χ1) is 13.7. The number of aliphatic hydroxyl groups excluding tert-OH is 1. The molecule has 0 aliphatic heterocycles. The summed E-state index contributed by atoms with van der Waals surface area (Å²) >= 11 is 0. The number of nitrogens with zero attached hydrogens (tertiary/aromatic N) is 1. The Morgan fingerprint density at radius 2 is 1.83 bits per heavy atom. The lowest BCUT2D eigenvalue weighted by atomic mass is 10.1. The second kappa shape index (κ2) is 10.8. The fourth-order valence-electron chi connectivity index (χ4n) is 2.45. The molecule has 1 unspecified atom stereocenters. The van der Waals surface area contributed by atoms with Gasteiger partial charge in [0, 0.05) is 24.4 Å². The van der Waals surface area contributed by atoms with Crippen molar-refractivity contribution in [2.24, 2.45) is 5.92 Å². The van der Waals surface area contributed by atoms with Crippen LogP contribution in [0.5, 0.6) is 11.5 Å². The number of rotatable bonds is 10. The van der Waals surface area contributed by atoms with Crippen LogP contribution in [0.3, 0.4) is 0 Å². The molecule has 0 spiro atoms. The zero-order chi connectivity index (χ0) is 21.4. The lowest BCUT2D eigenvalue weighted by Crippen LogP contribution is -2.24. The number of aliphatic hydroxyl groups is 1. The van der Waals surface area contributed by atoms with E-state index in [1.807, 2.05) is 19.9 Å². The van der Waals surface area contributed by atoms with Crippen LogP contribution < -0.4 is 20.1 Å². The van der Waals surface area contributed by atoms with Crippen molar-refractivity contribution in [1.82, 2.24) is 10.3 Å². The van der Waals surface area contributed by atoms with Gasteiger partial charge in [0.2, 0.25) is 0 Å². The summed E-state index contributed by atoms with van der Waals surface area (Å²) in [5.74, 6) is 1.69. The molecule has 1 amide bonds. The average molecular weight is 402 g/mol. The zero-order valence-electron chi connectivity index (χ0n) is 17.7. The van der Waals surface area contributed by atoms with Crippen LogP contribution in [-0.2, 0) is 6.54 Å². The molecule has 0 saturated heterocycles. The summed E-state index contributed by atoms with van der Waals surface area (Å²) in [7, 11) is 0. The fourth-order valence-corrected chi connectivity index (χ4v) is 2.45. The maximum Gasteiger partial charge on any atom is 0.257 e. The standard InChI is InChI=1S/C22H31N3O4/c1-14(2)13-28-19-8-18(9-20(10-19)29-15(3)4)22(27)25-21-7-6-17(12-24-21)11-23-16(5)26/h6-10,12,14-16,23,26H,11,13H2,1-5H3,(H,24,25,27). The zero-order valence-corrected chi connectivity index (χ0v) is 17.7. The Kier molecular flexibility index (Phi) is 8.42. The van der Waals surface area contributed by atoms with Gasteiger partial charge >= 0.3 is 0 Å². The van der Waals surface area contributed by atoms with Gasteiger partial charge in [0.05, 0.1) is 12.7 Å². The summed E-state index contributed by atoms with van der Waals surface area (Å²) in [5.41, 5.74) is 1.34. The van der Waals surface area contributed by atoms with Gasteiger partial charge < -0.3 is 19.9 Å². The maximum atomic E-state index is 12.7. The van der Waals surface area contributed by atoms with Gasteiger partial charge in [-0.25, -0.2) is 4.98 Å². The number of aromatic nitrogens is 1. The van der Waals surface area contributed by atoms with Crippen molar-refractivity contribution < 1.29 is 19.4 Å². The number of ether oxygens (including phenoxy) is 2. The minimum atomic E-state index is -0.596. The minimum Gasteiger partial charge on any atom is -0.493 e. The lowest BCUT2D eigenvalue weighted by molar-refractivity contribution is 0.102. The van der Waals surface area contributed by atoms with E-state index in [1.165, 1.54) is 0 Å².